The van der Waals surface area contributed by atoms with Gasteiger partial charge in [0.05, 0.1) is 6.54 Å². The van der Waals surface area contributed by atoms with Gasteiger partial charge >= 0.3 is 0 Å². The van der Waals surface area contributed by atoms with Gasteiger partial charge in [-0.3, -0.25) is 9.59 Å². The number of hydrogen-bond acceptors (Lipinski definition) is 3. The molecule has 1 fully saturated rings. The lowest BCUT2D eigenvalue weighted by Crippen LogP contribution is -2.35. The molecule has 5 heteroatoms. The zero-order chi connectivity index (χ0) is 19.2. The second-order valence-corrected chi connectivity index (χ2v) is 7.10. The molecule has 27 heavy (non-hydrogen) atoms. The summed E-state index contributed by atoms with van der Waals surface area (Å²) in [5.74, 6) is -0.0444. The largest absolute Gasteiger partial charge is 0.376 e. The molecule has 1 aliphatic heterocycles. The summed E-state index contributed by atoms with van der Waals surface area (Å²) in [6, 6.07) is 13.2. The van der Waals surface area contributed by atoms with E-state index in [2.05, 4.69) is 10.6 Å². The summed E-state index contributed by atoms with van der Waals surface area (Å²) in [6.07, 6.45) is 3.35. The Balaban J connectivity index is 1.54. The van der Waals surface area contributed by atoms with Crippen LogP contribution in [0.2, 0.25) is 0 Å². The number of amides is 2. The first-order chi connectivity index (χ1) is 13.0. The first-order valence-corrected chi connectivity index (χ1v) is 9.54. The fraction of sp³-hybridized carbons (Fsp3) is 0.364. The third-order valence-corrected chi connectivity index (χ3v) is 4.97. The molecule has 2 aromatic carbocycles. The maximum absolute atomic E-state index is 12.5. The van der Waals surface area contributed by atoms with Crippen molar-refractivity contribution < 1.29 is 9.59 Å². The van der Waals surface area contributed by atoms with Crippen molar-refractivity contribution in [2.24, 2.45) is 0 Å². The monoisotopic (exact) mass is 365 g/mol. The van der Waals surface area contributed by atoms with Crippen molar-refractivity contribution in [1.29, 1.82) is 0 Å². The molecule has 142 valence electrons. The van der Waals surface area contributed by atoms with E-state index in [4.69, 9.17) is 0 Å². The van der Waals surface area contributed by atoms with E-state index < -0.39 is 0 Å². The molecule has 0 saturated carbocycles. The Morgan fingerprint density at radius 2 is 1.56 bits per heavy atom. The summed E-state index contributed by atoms with van der Waals surface area (Å²) >= 11 is 0. The van der Waals surface area contributed by atoms with E-state index in [9.17, 15) is 9.59 Å². The number of piperidine rings is 1. The van der Waals surface area contributed by atoms with Crippen LogP contribution in [-0.4, -0.2) is 36.3 Å². The van der Waals surface area contributed by atoms with Crippen LogP contribution in [0, 0.1) is 13.8 Å². The highest BCUT2D eigenvalue weighted by Crippen LogP contribution is 2.19. The number of para-hydroxylation sites is 1. The van der Waals surface area contributed by atoms with Crippen LogP contribution in [0.1, 0.15) is 40.7 Å². The average molecular weight is 365 g/mol. The molecule has 1 aliphatic rings. The van der Waals surface area contributed by atoms with Gasteiger partial charge in [0.1, 0.15) is 0 Å². The third-order valence-electron chi connectivity index (χ3n) is 4.97. The van der Waals surface area contributed by atoms with Gasteiger partial charge < -0.3 is 15.5 Å². The van der Waals surface area contributed by atoms with Crippen molar-refractivity contribution in [3.8, 4) is 0 Å². The number of hydrogen-bond donors (Lipinski definition) is 2. The number of nitrogens with one attached hydrogen (secondary N) is 2. The van der Waals surface area contributed by atoms with Crippen molar-refractivity contribution in [2.75, 3.05) is 30.3 Å². The second kappa shape index (κ2) is 8.71. The molecule has 0 spiro atoms. The van der Waals surface area contributed by atoms with Gasteiger partial charge in [0.15, 0.2) is 0 Å². The number of rotatable bonds is 5. The van der Waals surface area contributed by atoms with Gasteiger partial charge in [0.2, 0.25) is 5.91 Å². The summed E-state index contributed by atoms with van der Waals surface area (Å²) in [5, 5.41) is 6.07. The number of carbonyl (C=O) groups excluding carboxylic acids is 2. The molecular formula is C22H27N3O2. The molecule has 2 amide bonds. The van der Waals surface area contributed by atoms with Crippen molar-refractivity contribution >= 4 is 23.2 Å². The van der Waals surface area contributed by atoms with Gasteiger partial charge in [-0.05, 0) is 68.5 Å². The van der Waals surface area contributed by atoms with Gasteiger partial charge in [-0.15, -0.1) is 0 Å². The molecule has 0 unspecified atom stereocenters. The number of carbonyl (C=O) groups is 2. The SMILES string of the molecule is Cc1cccc(C)c1NCC(=O)Nc1ccc(C(=O)N2CCCCC2)cc1. The minimum absolute atomic E-state index is 0.0734. The van der Waals surface area contributed by atoms with Gasteiger partial charge in [-0.2, -0.15) is 0 Å². The van der Waals surface area contributed by atoms with Crippen LogP contribution < -0.4 is 10.6 Å². The fourth-order valence-corrected chi connectivity index (χ4v) is 3.44. The van der Waals surface area contributed by atoms with E-state index in [0.29, 0.717) is 11.3 Å². The topological polar surface area (TPSA) is 61.4 Å². The Morgan fingerprint density at radius 1 is 0.926 bits per heavy atom. The Hall–Kier alpha value is -2.82. The lowest BCUT2D eigenvalue weighted by Gasteiger charge is -2.26. The standard InChI is InChI=1S/C22H27N3O2/c1-16-7-6-8-17(2)21(16)23-15-20(26)24-19-11-9-18(10-12-19)22(27)25-13-4-3-5-14-25/h6-12,23H,3-5,13-15H2,1-2H3,(H,24,26). The molecule has 2 N–H and O–H groups in total. The Morgan fingerprint density at radius 3 is 2.19 bits per heavy atom. The first kappa shape index (κ1) is 19.0. The smallest absolute Gasteiger partial charge is 0.253 e. The molecule has 1 saturated heterocycles. The number of nitrogens with zero attached hydrogens (tertiary/aromatic N) is 1. The minimum atomic E-state index is -0.118. The number of likely N-dealkylation sites (tertiary alicyclic amines) is 1. The second-order valence-electron chi connectivity index (χ2n) is 7.10. The van der Waals surface area contributed by atoms with Crippen LogP contribution in [0.15, 0.2) is 42.5 Å². The van der Waals surface area contributed by atoms with E-state index in [-0.39, 0.29) is 18.4 Å². The van der Waals surface area contributed by atoms with E-state index in [1.807, 2.05) is 36.9 Å². The summed E-state index contributed by atoms with van der Waals surface area (Å²) in [6.45, 7) is 5.90. The van der Waals surface area contributed by atoms with E-state index >= 15 is 0 Å². The Bertz CT molecular complexity index is 789. The maximum Gasteiger partial charge on any atom is 0.253 e. The van der Waals surface area contributed by atoms with Crippen molar-refractivity contribution in [1.82, 2.24) is 4.90 Å². The molecular weight excluding hydrogens is 338 g/mol. The molecule has 2 aromatic rings. The van der Waals surface area contributed by atoms with Crippen molar-refractivity contribution in [2.45, 2.75) is 33.1 Å². The Kier molecular flexibility index (Phi) is 6.12. The third kappa shape index (κ3) is 4.88. The predicted octanol–water partition coefficient (Wildman–Crippen LogP) is 3.98. The number of benzene rings is 2. The molecule has 0 radical (unpaired) electrons. The summed E-state index contributed by atoms with van der Waals surface area (Å²) in [7, 11) is 0. The van der Waals surface area contributed by atoms with Crippen LogP contribution in [0.25, 0.3) is 0 Å². The lowest BCUT2D eigenvalue weighted by molar-refractivity contribution is -0.114. The van der Waals surface area contributed by atoms with Crippen LogP contribution in [0.3, 0.4) is 0 Å². The zero-order valence-corrected chi connectivity index (χ0v) is 16.0. The maximum atomic E-state index is 12.5. The van der Waals surface area contributed by atoms with Gasteiger partial charge in [-0.25, -0.2) is 0 Å². The zero-order valence-electron chi connectivity index (χ0n) is 16.0. The van der Waals surface area contributed by atoms with E-state index in [1.54, 1.807) is 24.3 Å². The average Bonchev–Trinajstić information content (AvgIpc) is 2.68. The number of anilines is 2. The lowest BCUT2D eigenvalue weighted by atomic mass is 10.1. The van der Waals surface area contributed by atoms with Gasteiger partial charge in [0.25, 0.3) is 5.91 Å². The predicted molar refractivity (Wildman–Crippen MR) is 109 cm³/mol. The van der Waals surface area contributed by atoms with E-state index in [1.165, 1.54) is 6.42 Å². The molecule has 1 heterocycles. The van der Waals surface area contributed by atoms with Crippen LogP contribution in [0.4, 0.5) is 11.4 Å². The summed E-state index contributed by atoms with van der Waals surface area (Å²) < 4.78 is 0. The molecule has 3 rings (SSSR count). The number of aryl methyl sites for hydroxylation is 2. The van der Waals surface area contributed by atoms with Gasteiger partial charge in [-0.1, -0.05) is 18.2 Å². The molecule has 5 nitrogen and oxygen atoms in total. The van der Waals surface area contributed by atoms with Gasteiger partial charge in [0, 0.05) is 30.0 Å². The highest BCUT2D eigenvalue weighted by molar-refractivity contribution is 5.96. The van der Waals surface area contributed by atoms with Crippen LogP contribution in [0.5, 0.6) is 0 Å². The van der Waals surface area contributed by atoms with Crippen LogP contribution >= 0.6 is 0 Å². The molecule has 0 bridgehead atoms. The fourth-order valence-electron chi connectivity index (χ4n) is 3.44. The highest BCUT2D eigenvalue weighted by Gasteiger charge is 2.18. The quantitative estimate of drug-likeness (QED) is 0.842. The first-order valence-electron chi connectivity index (χ1n) is 9.54. The molecule has 0 aromatic heterocycles. The van der Waals surface area contributed by atoms with Crippen LogP contribution in [-0.2, 0) is 4.79 Å². The summed E-state index contributed by atoms with van der Waals surface area (Å²) in [5.41, 5.74) is 4.59. The normalized spacial score (nSPS) is 13.9. The Labute approximate surface area is 160 Å². The van der Waals surface area contributed by atoms with Crippen molar-refractivity contribution in [3.63, 3.8) is 0 Å². The van der Waals surface area contributed by atoms with E-state index in [0.717, 1.165) is 42.7 Å². The minimum Gasteiger partial charge on any atom is -0.376 e. The van der Waals surface area contributed by atoms with Crippen molar-refractivity contribution in [3.05, 3.63) is 59.2 Å². The summed E-state index contributed by atoms with van der Waals surface area (Å²) in [4.78, 5) is 26.6. The molecule has 0 aliphatic carbocycles. The molecule has 0 atom stereocenters. The highest BCUT2D eigenvalue weighted by atomic mass is 16.2.